The van der Waals surface area contributed by atoms with Gasteiger partial charge in [-0.1, -0.05) is 13.3 Å². The highest BCUT2D eigenvalue weighted by molar-refractivity contribution is 5.83. The van der Waals surface area contributed by atoms with Gasteiger partial charge in [0.2, 0.25) is 5.91 Å². The van der Waals surface area contributed by atoms with E-state index < -0.39 is 0 Å². The topological polar surface area (TPSA) is 50.4 Å². The van der Waals surface area contributed by atoms with E-state index in [-0.39, 0.29) is 16.7 Å². The van der Waals surface area contributed by atoms with E-state index in [1.807, 2.05) is 0 Å². The van der Waals surface area contributed by atoms with Crippen molar-refractivity contribution in [3.8, 4) is 0 Å². The lowest BCUT2D eigenvalue weighted by molar-refractivity contribution is -0.138. The predicted molar refractivity (Wildman–Crippen MR) is 76.0 cm³/mol. The number of carbonyl (C=O) groups excluding carboxylic acids is 1. The maximum atomic E-state index is 12.5. The molecule has 19 heavy (non-hydrogen) atoms. The van der Waals surface area contributed by atoms with Gasteiger partial charge in [-0.2, -0.15) is 0 Å². The summed E-state index contributed by atoms with van der Waals surface area (Å²) in [5.41, 5.74) is 0.145. The van der Waals surface area contributed by atoms with Gasteiger partial charge in [0, 0.05) is 20.3 Å². The average Bonchev–Trinajstić information content (AvgIpc) is 2.36. The molecule has 4 nitrogen and oxygen atoms in total. The third kappa shape index (κ3) is 3.48. The van der Waals surface area contributed by atoms with Crippen LogP contribution in [0.5, 0.6) is 0 Å². The highest BCUT2D eigenvalue weighted by Crippen LogP contribution is 2.44. The number of rotatable bonds is 6. The summed E-state index contributed by atoms with van der Waals surface area (Å²) in [5.74, 6) is 0.260. The number of hydrogen-bond donors (Lipinski definition) is 2. The largest absolute Gasteiger partial charge is 0.385 e. The van der Waals surface area contributed by atoms with Gasteiger partial charge >= 0.3 is 0 Å². The molecule has 1 amide bonds. The van der Waals surface area contributed by atoms with Crippen molar-refractivity contribution in [2.24, 2.45) is 10.8 Å². The molecule has 2 rings (SSSR count). The summed E-state index contributed by atoms with van der Waals surface area (Å²) >= 11 is 0. The molecule has 1 aliphatic heterocycles. The van der Waals surface area contributed by atoms with E-state index in [0.717, 1.165) is 51.7 Å². The molecule has 0 atom stereocenters. The van der Waals surface area contributed by atoms with Gasteiger partial charge in [0.1, 0.15) is 0 Å². The normalized spacial score (nSPS) is 24.5. The summed E-state index contributed by atoms with van der Waals surface area (Å²) in [4.78, 5) is 12.5. The van der Waals surface area contributed by atoms with Gasteiger partial charge in [0.15, 0.2) is 0 Å². The van der Waals surface area contributed by atoms with Crippen molar-refractivity contribution >= 4 is 5.91 Å². The highest BCUT2D eigenvalue weighted by atomic mass is 16.5. The molecule has 1 heterocycles. The smallest absolute Gasteiger partial charge is 0.226 e. The molecule has 1 saturated heterocycles. The fourth-order valence-electron chi connectivity index (χ4n) is 3.18. The van der Waals surface area contributed by atoms with E-state index >= 15 is 0 Å². The second-order valence-corrected chi connectivity index (χ2v) is 6.62. The molecule has 0 aromatic rings. The first-order valence-electron chi connectivity index (χ1n) is 7.58. The van der Waals surface area contributed by atoms with Crippen molar-refractivity contribution < 1.29 is 9.53 Å². The van der Waals surface area contributed by atoms with E-state index in [1.54, 1.807) is 7.11 Å². The second kappa shape index (κ2) is 6.23. The van der Waals surface area contributed by atoms with Crippen molar-refractivity contribution in [1.82, 2.24) is 10.6 Å². The third-order valence-electron chi connectivity index (χ3n) is 5.06. The van der Waals surface area contributed by atoms with Gasteiger partial charge < -0.3 is 15.4 Å². The monoisotopic (exact) mass is 268 g/mol. The Morgan fingerprint density at radius 3 is 2.47 bits per heavy atom. The lowest BCUT2D eigenvalue weighted by atomic mass is 9.66. The minimum atomic E-state index is -0.126. The Morgan fingerprint density at radius 2 is 1.95 bits per heavy atom. The Bertz CT molecular complexity index is 307. The Labute approximate surface area is 116 Å². The number of nitrogens with one attached hydrogen (secondary N) is 2. The van der Waals surface area contributed by atoms with Crippen LogP contribution in [0.3, 0.4) is 0 Å². The molecule has 0 radical (unpaired) electrons. The molecule has 0 aromatic heterocycles. The molecule has 4 heteroatoms. The summed E-state index contributed by atoms with van der Waals surface area (Å²) in [6, 6.07) is 0. The van der Waals surface area contributed by atoms with Gasteiger partial charge in [-0.25, -0.2) is 0 Å². The quantitative estimate of drug-likeness (QED) is 0.771. The number of ether oxygens (including phenoxy) is 1. The highest BCUT2D eigenvalue weighted by Gasteiger charge is 2.44. The van der Waals surface area contributed by atoms with Gasteiger partial charge in [0.25, 0.3) is 0 Å². The van der Waals surface area contributed by atoms with Crippen molar-refractivity contribution in [2.45, 2.75) is 45.4 Å². The number of piperidine rings is 1. The van der Waals surface area contributed by atoms with Crippen LogP contribution in [0.25, 0.3) is 0 Å². The number of amides is 1. The van der Waals surface area contributed by atoms with Gasteiger partial charge in [-0.05, 0) is 50.6 Å². The lowest BCUT2D eigenvalue weighted by Gasteiger charge is -2.42. The molecule has 0 aromatic carbocycles. The molecule has 110 valence electrons. The summed E-state index contributed by atoms with van der Waals surface area (Å²) in [6.45, 7) is 5.94. The van der Waals surface area contributed by atoms with Crippen molar-refractivity contribution in [1.29, 1.82) is 0 Å². The lowest BCUT2D eigenvalue weighted by Crippen LogP contribution is -2.50. The summed E-state index contributed by atoms with van der Waals surface area (Å²) in [6.07, 6.45) is 6.41. The van der Waals surface area contributed by atoms with E-state index in [1.165, 1.54) is 6.42 Å². The molecular weight excluding hydrogens is 240 g/mol. The molecule has 0 spiro atoms. The SMILES string of the molecule is COCCC1(C(=O)NCC2(C)CCNCC2)CCC1. The maximum Gasteiger partial charge on any atom is 0.226 e. The zero-order chi connectivity index (χ0) is 13.8. The van der Waals surface area contributed by atoms with Crippen LogP contribution < -0.4 is 10.6 Å². The van der Waals surface area contributed by atoms with E-state index in [0.29, 0.717) is 6.61 Å². The van der Waals surface area contributed by atoms with Gasteiger partial charge in [0.05, 0.1) is 5.41 Å². The van der Waals surface area contributed by atoms with E-state index in [4.69, 9.17) is 4.74 Å². The number of methoxy groups -OCH3 is 1. The zero-order valence-electron chi connectivity index (χ0n) is 12.4. The van der Waals surface area contributed by atoms with Crippen LogP contribution in [0.4, 0.5) is 0 Å². The van der Waals surface area contributed by atoms with E-state index in [9.17, 15) is 4.79 Å². The minimum Gasteiger partial charge on any atom is -0.385 e. The fraction of sp³-hybridized carbons (Fsp3) is 0.933. The second-order valence-electron chi connectivity index (χ2n) is 6.62. The van der Waals surface area contributed by atoms with Crippen molar-refractivity contribution in [3.05, 3.63) is 0 Å². The minimum absolute atomic E-state index is 0.126. The van der Waals surface area contributed by atoms with E-state index in [2.05, 4.69) is 17.6 Å². The van der Waals surface area contributed by atoms with Gasteiger partial charge in [-0.3, -0.25) is 4.79 Å². The maximum absolute atomic E-state index is 12.5. The fourth-order valence-corrected chi connectivity index (χ4v) is 3.18. The molecule has 0 unspecified atom stereocenters. The molecule has 0 bridgehead atoms. The molecule has 2 aliphatic rings. The Hall–Kier alpha value is -0.610. The number of carbonyl (C=O) groups is 1. The van der Waals surface area contributed by atoms with Crippen molar-refractivity contribution in [2.75, 3.05) is 33.4 Å². The molecule has 1 aliphatic carbocycles. The summed E-state index contributed by atoms with van der Waals surface area (Å²) < 4.78 is 5.15. The van der Waals surface area contributed by atoms with Crippen LogP contribution in [0, 0.1) is 10.8 Å². The average molecular weight is 268 g/mol. The van der Waals surface area contributed by atoms with Crippen LogP contribution in [0.1, 0.15) is 45.4 Å². The Kier molecular flexibility index (Phi) is 4.85. The van der Waals surface area contributed by atoms with Crippen LogP contribution in [0.15, 0.2) is 0 Å². The summed E-state index contributed by atoms with van der Waals surface area (Å²) in [7, 11) is 1.71. The van der Waals surface area contributed by atoms with Crippen LogP contribution >= 0.6 is 0 Å². The van der Waals surface area contributed by atoms with Crippen LogP contribution in [-0.2, 0) is 9.53 Å². The molecule has 2 N–H and O–H groups in total. The summed E-state index contributed by atoms with van der Waals surface area (Å²) in [5, 5.41) is 6.60. The Balaban J connectivity index is 1.82. The predicted octanol–water partition coefficient (Wildman–Crippen LogP) is 1.70. The first kappa shape index (κ1) is 14.8. The number of hydrogen-bond acceptors (Lipinski definition) is 3. The molecule has 2 fully saturated rings. The van der Waals surface area contributed by atoms with Gasteiger partial charge in [-0.15, -0.1) is 0 Å². The first-order chi connectivity index (χ1) is 9.10. The van der Waals surface area contributed by atoms with Crippen LogP contribution in [0.2, 0.25) is 0 Å². The van der Waals surface area contributed by atoms with Crippen molar-refractivity contribution in [3.63, 3.8) is 0 Å². The Morgan fingerprint density at radius 1 is 1.26 bits per heavy atom. The van der Waals surface area contributed by atoms with Crippen LogP contribution in [-0.4, -0.2) is 39.3 Å². The molecular formula is C15H28N2O2. The first-order valence-corrected chi connectivity index (χ1v) is 7.58. The molecule has 1 saturated carbocycles. The third-order valence-corrected chi connectivity index (χ3v) is 5.06. The standard InChI is InChI=1S/C15H28N2O2/c1-14(6-9-16-10-7-14)12-17-13(18)15(4-3-5-15)8-11-19-2/h16H,3-12H2,1-2H3,(H,17,18). The zero-order valence-corrected chi connectivity index (χ0v) is 12.4.